The molecule has 0 saturated heterocycles. The van der Waals surface area contributed by atoms with Crippen molar-refractivity contribution in [3.05, 3.63) is 24.3 Å². The molecule has 0 spiro atoms. The van der Waals surface area contributed by atoms with Gasteiger partial charge in [0.2, 0.25) is 5.91 Å². The van der Waals surface area contributed by atoms with Crippen LogP contribution >= 0.6 is 0 Å². The maximum absolute atomic E-state index is 12.2. The lowest BCUT2D eigenvalue weighted by molar-refractivity contribution is -0.123. The van der Waals surface area contributed by atoms with Crippen molar-refractivity contribution in [3.8, 4) is 0 Å². The fraction of sp³-hybridized carbons (Fsp3) is 0.533. The Morgan fingerprint density at radius 1 is 1.32 bits per heavy atom. The number of rotatable bonds is 4. The molecule has 106 valence electrons. The number of amides is 1. The first-order valence-corrected chi connectivity index (χ1v) is 6.69. The van der Waals surface area contributed by atoms with Crippen LogP contribution in [0.25, 0.3) is 0 Å². The summed E-state index contributed by atoms with van der Waals surface area (Å²) in [4.78, 5) is 14.3. The van der Waals surface area contributed by atoms with Crippen LogP contribution in [-0.4, -0.2) is 24.0 Å². The molecule has 1 amide bonds. The van der Waals surface area contributed by atoms with Crippen molar-refractivity contribution in [2.75, 3.05) is 17.2 Å². The summed E-state index contributed by atoms with van der Waals surface area (Å²) in [7, 11) is 0. The zero-order chi connectivity index (χ0) is 14.6. The normalized spacial score (nSPS) is 12.9. The van der Waals surface area contributed by atoms with Gasteiger partial charge in [0.25, 0.3) is 0 Å². The highest BCUT2D eigenvalue weighted by atomic mass is 16.2. The average Bonchev–Trinajstić information content (AvgIpc) is 2.30. The van der Waals surface area contributed by atoms with Gasteiger partial charge in [0.1, 0.15) is 6.04 Å². The van der Waals surface area contributed by atoms with Gasteiger partial charge in [-0.25, -0.2) is 0 Å². The first kappa shape index (κ1) is 15.3. The summed E-state index contributed by atoms with van der Waals surface area (Å²) in [5.41, 5.74) is 7.21. The highest BCUT2D eigenvalue weighted by molar-refractivity contribution is 5.85. The Balaban J connectivity index is 2.85. The fourth-order valence-electron chi connectivity index (χ4n) is 1.96. The lowest BCUT2D eigenvalue weighted by atomic mass is 10.1. The van der Waals surface area contributed by atoms with Crippen molar-refractivity contribution in [3.63, 3.8) is 0 Å². The number of nitrogens with one attached hydrogen (secondary N) is 1. The first-order valence-electron chi connectivity index (χ1n) is 6.69. The molecule has 4 nitrogen and oxygen atoms in total. The van der Waals surface area contributed by atoms with Gasteiger partial charge in [-0.05, 0) is 58.9 Å². The number of hydrogen-bond donors (Lipinski definition) is 2. The second-order valence-electron chi connectivity index (χ2n) is 5.79. The second-order valence-corrected chi connectivity index (χ2v) is 5.79. The molecule has 1 rings (SSSR count). The van der Waals surface area contributed by atoms with Crippen LogP contribution in [-0.2, 0) is 4.79 Å². The topological polar surface area (TPSA) is 58.4 Å². The Labute approximate surface area is 116 Å². The summed E-state index contributed by atoms with van der Waals surface area (Å²) in [6.07, 6.45) is 0. The van der Waals surface area contributed by atoms with Crippen LogP contribution in [0, 0.1) is 0 Å². The number of nitrogen functional groups attached to an aromatic ring is 1. The molecule has 1 aromatic rings. The minimum atomic E-state index is -0.216. The molecule has 0 fully saturated rings. The van der Waals surface area contributed by atoms with Crippen molar-refractivity contribution in [1.82, 2.24) is 5.32 Å². The molecule has 0 aliphatic rings. The van der Waals surface area contributed by atoms with E-state index in [1.807, 2.05) is 58.9 Å². The summed E-state index contributed by atoms with van der Waals surface area (Å²) < 4.78 is 0. The molecule has 0 bridgehead atoms. The summed E-state index contributed by atoms with van der Waals surface area (Å²) in [5.74, 6) is 0.0335. The van der Waals surface area contributed by atoms with E-state index in [4.69, 9.17) is 5.73 Å². The average molecular weight is 263 g/mol. The fourth-order valence-corrected chi connectivity index (χ4v) is 1.96. The van der Waals surface area contributed by atoms with Gasteiger partial charge in [-0.15, -0.1) is 0 Å². The standard InChI is InChI=1S/C15H25N3O/c1-6-18(13-9-7-12(16)8-10-13)11(2)14(19)17-15(3,4)5/h7-11H,6,16H2,1-5H3,(H,17,19). The zero-order valence-corrected chi connectivity index (χ0v) is 12.5. The first-order chi connectivity index (χ1) is 8.74. The maximum Gasteiger partial charge on any atom is 0.242 e. The lowest BCUT2D eigenvalue weighted by Crippen LogP contribution is -2.51. The van der Waals surface area contributed by atoms with Gasteiger partial charge in [0.05, 0.1) is 0 Å². The molecule has 0 aromatic heterocycles. The number of anilines is 2. The zero-order valence-electron chi connectivity index (χ0n) is 12.5. The molecule has 0 aliphatic carbocycles. The number of hydrogen-bond acceptors (Lipinski definition) is 3. The van der Waals surface area contributed by atoms with E-state index in [0.717, 1.165) is 17.9 Å². The quantitative estimate of drug-likeness (QED) is 0.820. The lowest BCUT2D eigenvalue weighted by Gasteiger charge is -2.32. The van der Waals surface area contributed by atoms with E-state index in [1.165, 1.54) is 0 Å². The number of benzene rings is 1. The molecule has 1 aromatic carbocycles. The summed E-state index contributed by atoms with van der Waals surface area (Å²) in [6, 6.07) is 7.38. The van der Waals surface area contributed by atoms with Crippen LogP contribution in [0.3, 0.4) is 0 Å². The number of nitrogens with two attached hydrogens (primary N) is 1. The molecule has 0 heterocycles. The predicted octanol–water partition coefficient (Wildman–Crippen LogP) is 2.40. The molecule has 3 N–H and O–H groups in total. The van der Waals surface area contributed by atoms with Crippen molar-refractivity contribution in [2.45, 2.75) is 46.2 Å². The van der Waals surface area contributed by atoms with E-state index < -0.39 is 0 Å². The van der Waals surface area contributed by atoms with Crippen molar-refractivity contribution in [2.24, 2.45) is 0 Å². The molecule has 0 aliphatic heterocycles. The van der Waals surface area contributed by atoms with E-state index >= 15 is 0 Å². The Morgan fingerprint density at radius 2 is 1.84 bits per heavy atom. The highest BCUT2D eigenvalue weighted by Crippen LogP contribution is 2.19. The molecule has 19 heavy (non-hydrogen) atoms. The molecule has 4 heteroatoms. The molecule has 1 atom stereocenters. The third kappa shape index (κ3) is 4.47. The highest BCUT2D eigenvalue weighted by Gasteiger charge is 2.23. The Morgan fingerprint density at radius 3 is 2.26 bits per heavy atom. The maximum atomic E-state index is 12.2. The van der Waals surface area contributed by atoms with E-state index in [0.29, 0.717) is 0 Å². The van der Waals surface area contributed by atoms with E-state index in [1.54, 1.807) is 0 Å². The molecule has 1 unspecified atom stereocenters. The minimum absolute atomic E-state index is 0.0335. The van der Waals surface area contributed by atoms with Crippen LogP contribution in [0.1, 0.15) is 34.6 Å². The van der Waals surface area contributed by atoms with Crippen LogP contribution in [0.15, 0.2) is 24.3 Å². The Hall–Kier alpha value is -1.71. The van der Waals surface area contributed by atoms with Crippen LogP contribution in [0.5, 0.6) is 0 Å². The number of likely N-dealkylation sites (N-methyl/N-ethyl adjacent to an activating group) is 1. The molecular weight excluding hydrogens is 238 g/mol. The monoisotopic (exact) mass is 263 g/mol. The van der Waals surface area contributed by atoms with Gasteiger partial charge in [-0.3, -0.25) is 4.79 Å². The summed E-state index contributed by atoms with van der Waals surface area (Å²) in [5, 5.41) is 3.01. The largest absolute Gasteiger partial charge is 0.399 e. The molecular formula is C15H25N3O. The minimum Gasteiger partial charge on any atom is -0.399 e. The summed E-state index contributed by atoms with van der Waals surface area (Å²) in [6.45, 7) is 10.7. The van der Waals surface area contributed by atoms with Crippen molar-refractivity contribution in [1.29, 1.82) is 0 Å². The third-order valence-corrected chi connectivity index (χ3v) is 2.91. The van der Waals surface area contributed by atoms with Gasteiger partial charge >= 0.3 is 0 Å². The van der Waals surface area contributed by atoms with Crippen molar-refractivity contribution < 1.29 is 4.79 Å². The summed E-state index contributed by atoms with van der Waals surface area (Å²) >= 11 is 0. The van der Waals surface area contributed by atoms with Gasteiger partial charge < -0.3 is 16.0 Å². The third-order valence-electron chi connectivity index (χ3n) is 2.91. The second kappa shape index (κ2) is 5.95. The Kier molecular flexibility index (Phi) is 4.81. The molecule has 0 saturated carbocycles. The van der Waals surface area contributed by atoms with Crippen LogP contribution in [0.2, 0.25) is 0 Å². The van der Waals surface area contributed by atoms with Gasteiger partial charge in [0.15, 0.2) is 0 Å². The van der Waals surface area contributed by atoms with Gasteiger partial charge in [-0.1, -0.05) is 0 Å². The van der Waals surface area contributed by atoms with E-state index in [-0.39, 0.29) is 17.5 Å². The van der Waals surface area contributed by atoms with Crippen molar-refractivity contribution >= 4 is 17.3 Å². The SMILES string of the molecule is CCN(c1ccc(N)cc1)C(C)C(=O)NC(C)(C)C. The van der Waals surface area contributed by atoms with E-state index in [9.17, 15) is 4.79 Å². The Bertz CT molecular complexity index is 420. The number of carbonyl (C=O) groups is 1. The van der Waals surface area contributed by atoms with E-state index in [2.05, 4.69) is 10.2 Å². The van der Waals surface area contributed by atoms with Gasteiger partial charge in [-0.2, -0.15) is 0 Å². The molecule has 0 radical (unpaired) electrons. The predicted molar refractivity (Wildman–Crippen MR) is 81.2 cm³/mol. The van der Waals surface area contributed by atoms with Gasteiger partial charge in [0, 0.05) is 23.5 Å². The number of carbonyl (C=O) groups excluding carboxylic acids is 1. The van der Waals surface area contributed by atoms with Crippen LogP contribution < -0.4 is 16.0 Å². The van der Waals surface area contributed by atoms with Crippen LogP contribution in [0.4, 0.5) is 11.4 Å². The smallest absolute Gasteiger partial charge is 0.242 e. The number of nitrogens with zero attached hydrogens (tertiary/aromatic N) is 1.